The number of allylic oxidation sites excluding steroid dienone is 1. The maximum atomic E-state index is 12.6. The Kier molecular flexibility index (Phi) is 2.84. The van der Waals surface area contributed by atoms with Crippen LogP contribution in [0.1, 0.15) is 10.9 Å². The molecule has 16 heavy (non-hydrogen) atoms. The van der Waals surface area contributed by atoms with Crippen molar-refractivity contribution in [1.82, 2.24) is 9.88 Å². The van der Waals surface area contributed by atoms with E-state index in [9.17, 15) is 13.2 Å². The van der Waals surface area contributed by atoms with Gasteiger partial charge in [-0.2, -0.15) is 13.2 Å². The molecule has 1 aromatic rings. The summed E-state index contributed by atoms with van der Waals surface area (Å²) in [6.07, 6.45) is -1.11. The van der Waals surface area contributed by atoms with Gasteiger partial charge in [0.25, 0.3) is 0 Å². The molecule has 1 atom stereocenters. The SMILES string of the molecule is CN1C(C(F)(F)F)=CSC1c1cccnc1. The van der Waals surface area contributed by atoms with E-state index in [2.05, 4.69) is 4.98 Å². The smallest absolute Gasteiger partial charge is 0.354 e. The lowest BCUT2D eigenvalue weighted by Crippen LogP contribution is -2.27. The molecule has 1 aliphatic rings. The molecule has 2 nitrogen and oxygen atoms in total. The molecule has 1 aromatic heterocycles. The van der Waals surface area contributed by atoms with Gasteiger partial charge in [-0.25, -0.2) is 0 Å². The highest BCUT2D eigenvalue weighted by atomic mass is 32.2. The van der Waals surface area contributed by atoms with E-state index in [1.807, 2.05) is 0 Å². The zero-order valence-corrected chi connectivity index (χ0v) is 9.22. The second-order valence-electron chi connectivity index (χ2n) is 3.39. The predicted molar refractivity (Wildman–Crippen MR) is 56.5 cm³/mol. The van der Waals surface area contributed by atoms with E-state index in [0.29, 0.717) is 0 Å². The maximum Gasteiger partial charge on any atom is 0.431 e. The minimum atomic E-state index is -4.29. The third kappa shape index (κ3) is 2.02. The monoisotopic (exact) mass is 246 g/mol. The third-order valence-electron chi connectivity index (χ3n) is 2.30. The van der Waals surface area contributed by atoms with Gasteiger partial charge >= 0.3 is 6.18 Å². The van der Waals surface area contributed by atoms with Crippen LogP contribution in [0.5, 0.6) is 0 Å². The number of halogens is 3. The van der Waals surface area contributed by atoms with Crippen LogP contribution in [-0.2, 0) is 0 Å². The largest absolute Gasteiger partial charge is 0.431 e. The van der Waals surface area contributed by atoms with Crippen molar-refractivity contribution in [2.24, 2.45) is 0 Å². The van der Waals surface area contributed by atoms with Crippen LogP contribution in [0.3, 0.4) is 0 Å². The molecule has 0 saturated heterocycles. The van der Waals surface area contributed by atoms with Gasteiger partial charge in [0.05, 0.1) is 0 Å². The molecule has 0 N–H and O–H groups in total. The van der Waals surface area contributed by atoms with Crippen molar-refractivity contribution in [1.29, 1.82) is 0 Å². The third-order valence-corrected chi connectivity index (χ3v) is 3.51. The van der Waals surface area contributed by atoms with Crippen molar-refractivity contribution < 1.29 is 13.2 Å². The Morgan fingerprint density at radius 1 is 1.44 bits per heavy atom. The van der Waals surface area contributed by atoms with E-state index < -0.39 is 11.9 Å². The number of hydrogen-bond donors (Lipinski definition) is 0. The van der Waals surface area contributed by atoms with Gasteiger partial charge in [0.1, 0.15) is 11.1 Å². The van der Waals surface area contributed by atoms with Crippen LogP contribution in [0.25, 0.3) is 0 Å². The van der Waals surface area contributed by atoms with E-state index in [4.69, 9.17) is 0 Å². The molecule has 2 heterocycles. The second kappa shape index (κ2) is 4.01. The lowest BCUT2D eigenvalue weighted by Gasteiger charge is -2.25. The molecule has 0 spiro atoms. The van der Waals surface area contributed by atoms with Crippen LogP contribution in [0.4, 0.5) is 13.2 Å². The number of nitrogens with zero attached hydrogens (tertiary/aromatic N) is 2. The average Bonchev–Trinajstić information content (AvgIpc) is 2.61. The van der Waals surface area contributed by atoms with Crippen LogP contribution >= 0.6 is 11.8 Å². The molecule has 1 aliphatic heterocycles. The molecular weight excluding hydrogens is 237 g/mol. The lowest BCUT2D eigenvalue weighted by molar-refractivity contribution is -0.109. The normalized spacial score (nSPS) is 21.1. The molecule has 0 bridgehead atoms. The van der Waals surface area contributed by atoms with Crippen molar-refractivity contribution in [3.8, 4) is 0 Å². The quantitative estimate of drug-likeness (QED) is 0.757. The first kappa shape index (κ1) is 11.3. The van der Waals surface area contributed by atoms with Gasteiger partial charge < -0.3 is 4.90 Å². The number of hydrogen-bond acceptors (Lipinski definition) is 3. The number of alkyl halides is 3. The van der Waals surface area contributed by atoms with Gasteiger partial charge in [-0.05, 0) is 6.07 Å². The maximum absolute atomic E-state index is 12.6. The Balaban J connectivity index is 2.21. The van der Waals surface area contributed by atoms with Crippen LogP contribution in [0.15, 0.2) is 35.6 Å². The summed E-state index contributed by atoms with van der Waals surface area (Å²) in [7, 11) is 1.44. The summed E-state index contributed by atoms with van der Waals surface area (Å²) in [6.45, 7) is 0. The van der Waals surface area contributed by atoms with Crippen LogP contribution in [0, 0.1) is 0 Å². The van der Waals surface area contributed by atoms with Crippen molar-refractivity contribution >= 4 is 11.8 Å². The standard InChI is InChI=1S/C10H9F3N2S/c1-15-8(10(11,12)13)6-16-9(15)7-3-2-4-14-5-7/h2-6,9H,1H3. The summed E-state index contributed by atoms with van der Waals surface area (Å²) in [5, 5.41) is 0.808. The minimum Gasteiger partial charge on any atom is -0.354 e. The van der Waals surface area contributed by atoms with Crippen molar-refractivity contribution in [2.75, 3.05) is 7.05 Å². The Hall–Kier alpha value is -1.17. The van der Waals surface area contributed by atoms with Gasteiger partial charge in [0, 0.05) is 30.4 Å². The Labute approximate surface area is 95.2 Å². The highest BCUT2D eigenvalue weighted by Crippen LogP contribution is 2.46. The molecule has 0 fully saturated rings. The highest BCUT2D eigenvalue weighted by molar-refractivity contribution is 8.02. The van der Waals surface area contributed by atoms with E-state index in [-0.39, 0.29) is 5.37 Å². The van der Waals surface area contributed by atoms with E-state index in [1.54, 1.807) is 24.5 Å². The fourth-order valence-electron chi connectivity index (χ4n) is 1.52. The summed E-state index contributed by atoms with van der Waals surface area (Å²) in [6, 6.07) is 3.49. The first-order chi connectivity index (χ1) is 7.50. The Bertz CT molecular complexity index is 402. The van der Waals surface area contributed by atoms with E-state index in [1.165, 1.54) is 11.9 Å². The first-order valence-electron chi connectivity index (χ1n) is 4.56. The molecule has 86 valence electrons. The van der Waals surface area contributed by atoms with Crippen LogP contribution in [0.2, 0.25) is 0 Å². The summed E-state index contributed by atoms with van der Waals surface area (Å²) in [4.78, 5) is 5.13. The molecule has 0 amide bonds. The van der Waals surface area contributed by atoms with Crippen LogP contribution in [-0.4, -0.2) is 23.1 Å². The van der Waals surface area contributed by atoms with E-state index in [0.717, 1.165) is 22.7 Å². The molecule has 0 radical (unpaired) electrons. The summed E-state index contributed by atoms with van der Waals surface area (Å²) >= 11 is 1.14. The van der Waals surface area contributed by atoms with Gasteiger partial charge in [-0.15, -0.1) is 11.8 Å². The number of rotatable bonds is 1. The Morgan fingerprint density at radius 3 is 2.69 bits per heavy atom. The first-order valence-corrected chi connectivity index (χ1v) is 5.50. The van der Waals surface area contributed by atoms with Gasteiger partial charge in [-0.3, -0.25) is 4.98 Å². The lowest BCUT2D eigenvalue weighted by atomic mass is 10.2. The summed E-state index contributed by atoms with van der Waals surface area (Å²) in [5.41, 5.74) is 0.164. The van der Waals surface area contributed by atoms with Crippen molar-refractivity contribution in [3.63, 3.8) is 0 Å². The highest BCUT2D eigenvalue weighted by Gasteiger charge is 2.42. The molecule has 2 rings (SSSR count). The van der Waals surface area contributed by atoms with Crippen LogP contribution < -0.4 is 0 Å². The topological polar surface area (TPSA) is 16.1 Å². The zero-order chi connectivity index (χ0) is 11.8. The number of aromatic nitrogens is 1. The number of pyridine rings is 1. The fourth-order valence-corrected chi connectivity index (χ4v) is 2.67. The minimum absolute atomic E-state index is 0.342. The van der Waals surface area contributed by atoms with Gasteiger partial charge in [-0.1, -0.05) is 6.07 Å². The molecule has 0 aliphatic carbocycles. The Morgan fingerprint density at radius 2 is 2.19 bits per heavy atom. The molecular formula is C10H9F3N2S. The van der Waals surface area contributed by atoms with Gasteiger partial charge in [0.2, 0.25) is 0 Å². The molecule has 1 unspecified atom stereocenters. The summed E-state index contributed by atoms with van der Waals surface area (Å²) < 4.78 is 37.7. The number of thioether (sulfide) groups is 1. The van der Waals surface area contributed by atoms with Gasteiger partial charge in [0.15, 0.2) is 0 Å². The van der Waals surface area contributed by atoms with Crippen molar-refractivity contribution in [2.45, 2.75) is 11.6 Å². The molecule has 0 aromatic carbocycles. The van der Waals surface area contributed by atoms with E-state index >= 15 is 0 Å². The van der Waals surface area contributed by atoms with Crippen molar-refractivity contribution in [3.05, 3.63) is 41.2 Å². The fraction of sp³-hybridized carbons (Fsp3) is 0.300. The predicted octanol–water partition coefficient (Wildman–Crippen LogP) is 3.16. The summed E-state index contributed by atoms with van der Waals surface area (Å²) in [5.74, 6) is 0. The molecule has 6 heteroatoms. The average molecular weight is 246 g/mol. The molecule has 0 saturated carbocycles. The second-order valence-corrected chi connectivity index (χ2v) is 4.34. The zero-order valence-electron chi connectivity index (χ0n) is 8.40.